The fourth-order valence-corrected chi connectivity index (χ4v) is 5.28. The Hall–Kier alpha value is -1.93. The van der Waals surface area contributed by atoms with E-state index in [0.717, 1.165) is 12.0 Å². The predicted molar refractivity (Wildman–Crippen MR) is 115 cm³/mol. The molecule has 1 heterocycles. The van der Waals surface area contributed by atoms with E-state index in [1.54, 1.807) is 6.07 Å². The summed E-state index contributed by atoms with van der Waals surface area (Å²) in [5.41, 5.74) is 1.28. The van der Waals surface area contributed by atoms with Crippen LogP contribution in [0.5, 0.6) is 0 Å². The summed E-state index contributed by atoms with van der Waals surface area (Å²) in [6, 6.07) is 13.9. The van der Waals surface area contributed by atoms with E-state index in [4.69, 9.17) is 11.6 Å². The molecule has 3 rings (SSSR count). The van der Waals surface area contributed by atoms with Crippen LogP contribution in [0.3, 0.4) is 0 Å². The molecular formula is C21H26ClN3O3S. The number of benzene rings is 2. The third kappa shape index (κ3) is 4.98. The Balaban J connectivity index is 1.83. The van der Waals surface area contributed by atoms with Crippen molar-refractivity contribution in [3.63, 3.8) is 0 Å². The highest BCUT2D eigenvalue weighted by Gasteiger charge is 2.30. The Labute approximate surface area is 177 Å². The van der Waals surface area contributed by atoms with Crippen molar-refractivity contribution in [3.05, 3.63) is 64.7 Å². The normalized spacial score (nSPS) is 17.1. The van der Waals surface area contributed by atoms with Gasteiger partial charge in [0, 0.05) is 31.7 Å². The highest BCUT2D eigenvalue weighted by molar-refractivity contribution is 7.89. The van der Waals surface area contributed by atoms with Crippen molar-refractivity contribution < 1.29 is 13.2 Å². The second-order valence-corrected chi connectivity index (χ2v) is 9.51. The zero-order chi connectivity index (χ0) is 21.0. The van der Waals surface area contributed by atoms with Gasteiger partial charge in [-0.1, -0.05) is 48.9 Å². The number of carbonyl (C=O) groups is 1. The van der Waals surface area contributed by atoms with Crippen LogP contribution in [-0.4, -0.2) is 56.8 Å². The van der Waals surface area contributed by atoms with Crippen molar-refractivity contribution in [2.24, 2.45) is 0 Å². The summed E-state index contributed by atoms with van der Waals surface area (Å²) in [4.78, 5) is 14.9. The molecule has 0 aromatic heterocycles. The molecule has 8 heteroatoms. The molecule has 1 unspecified atom stereocenters. The Morgan fingerprint density at radius 1 is 1.10 bits per heavy atom. The van der Waals surface area contributed by atoms with Gasteiger partial charge in [0.25, 0.3) is 5.91 Å². The number of halogens is 1. The minimum atomic E-state index is -3.76. The first-order valence-corrected chi connectivity index (χ1v) is 11.5. The van der Waals surface area contributed by atoms with Crippen molar-refractivity contribution in [3.8, 4) is 0 Å². The standard InChI is InChI=1S/C21H26ClN3O3S/c1-3-19(16-7-5-4-6-8-16)23-21(26)17-9-10-18(22)20(15-17)29(27,28)25-13-11-24(2)12-14-25/h4-10,15,19H,3,11-14H2,1-2H3,(H,23,26). The molecule has 0 spiro atoms. The van der Waals surface area contributed by atoms with Crippen molar-refractivity contribution in [2.45, 2.75) is 24.3 Å². The molecule has 1 fully saturated rings. The maximum absolute atomic E-state index is 13.1. The van der Waals surface area contributed by atoms with E-state index in [9.17, 15) is 13.2 Å². The summed E-state index contributed by atoms with van der Waals surface area (Å²) in [5, 5.41) is 3.11. The van der Waals surface area contributed by atoms with E-state index >= 15 is 0 Å². The van der Waals surface area contributed by atoms with Gasteiger partial charge in [-0.25, -0.2) is 8.42 Å². The molecule has 156 valence electrons. The molecule has 0 radical (unpaired) electrons. The monoisotopic (exact) mass is 435 g/mol. The topological polar surface area (TPSA) is 69.7 Å². The number of hydrogen-bond acceptors (Lipinski definition) is 4. The third-order valence-corrected chi connectivity index (χ3v) is 7.57. The van der Waals surface area contributed by atoms with Gasteiger partial charge in [-0.2, -0.15) is 4.31 Å². The number of rotatable bonds is 6. The Morgan fingerprint density at radius 2 is 1.76 bits per heavy atom. The fraction of sp³-hybridized carbons (Fsp3) is 0.381. The molecular weight excluding hydrogens is 410 g/mol. The van der Waals surface area contributed by atoms with Crippen LogP contribution >= 0.6 is 11.6 Å². The first-order chi connectivity index (χ1) is 13.8. The largest absolute Gasteiger partial charge is 0.345 e. The van der Waals surface area contributed by atoms with Crippen LogP contribution in [0.25, 0.3) is 0 Å². The summed E-state index contributed by atoms with van der Waals surface area (Å²) >= 11 is 6.21. The van der Waals surface area contributed by atoms with Gasteiger partial charge in [-0.3, -0.25) is 4.79 Å². The van der Waals surface area contributed by atoms with Gasteiger partial charge in [0.05, 0.1) is 11.1 Å². The second kappa shape index (κ2) is 9.26. The Bertz CT molecular complexity index is 958. The number of likely N-dealkylation sites (N-methyl/N-ethyl adjacent to an activating group) is 1. The SMILES string of the molecule is CCC(NC(=O)c1ccc(Cl)c(S(=O)(=O)N2CCN(C)CC2)c1)c1ccccc1. The van der Waals surface area contributed by atoms with Gasteiger partial charge in [-0.15, -0.1) is 0 Å². The molecule has 1 amide bonds. The molecule has 2 aromatic carbocycles. The molecule has 0 saturated carbocycles. The van der Waals surface area contributed by atoms with Crippen LogP contribution in [0.1, 0.15) is 35.3 Å². The molecule has 0 aliphatic carbocycles. The molecule has 0 bridgehead atoms. The van der Waals surface area contributed by atoms with E-state index in [1.165, 1.54) is 16.4 Å². The second-order valence-electron chi connectivity index (χ2n) is 7.20. The molecule has 2 aromatic rings. The number of nitrogens with zero attached hydrogens (tertiary/aromatic N) is 2. The number of hydrogen-bond donors (Lipinski definition) is 1. The number of carbonyl (C=O) groups excluding carboxylic acids is 1. The smallest absolute Gasteiger partial charge is 0.251 e. The lowest BCUT2D eigenvalue weighted by molar-refractivity contribution is 0.0935. The van der Waals surface area contributed by atoms with Crippen molar-refractivity contribution >= 4 is 27.5 Å². The number of nitrogens with one attached hydrogen (secondary N) is 1. The van der Waals surface area contributed by atoms with Crippen molar-refractivity contribution in [2.75, 3.05) is 33.2 Å². The van der Waals surface area contributed by atoms with Crippen LogP contribution in [0.4, 0.5) is 0 Å². The number of piperazine rings is 1. The number of sulfonamides is 1. The lowest BCUT2D eigenvalue weighted by atomic mass is 10.0. The average Bonchev–Trinajstić information content (AvgIpc) is 2.73. The van der Waals surface area contributed by atoms with Crippen LogP contribution in [0.15, 0.2) is 53.4 Å². The molecule has 1 atom stereocenters. The molecule has 29 heavy (non-hydrogen) atoms. The predicted octanol–water partition coefficient (Wildman–Crippen LogP) is 3.16. The van der Waals surface area contributed by atoms with E-state index in [1.807, 2.05) is 44.3 Å². The fourth-order valence-electron chi connectivity index (χ4n) is 3.36. The molecule has 1 aliphatic rings. The minimum Gasteiger partial charge on any atom is -0.345 e. The maximum Gasteiger partial charge on any atom is 0.251 e. The van der Waals surface area contributed by atoms with E-state index in [2.05, 4.69) is 10.2 Å². The first kappa shape index (κ1) is 21.8. The summed E-state index contributed by atoms with van der Waals surface area (Å²) in [7, 11) is -1.81. The minimum absolute atomic E-state index is 0.0240. The van der Waals surface area contributed by atoms with Crippen LogP contribution < -0.4 is 5.32 Å². The van der Waals surface area contributed by atoms with Crippen LogP contribution in [0.2, 0.25) is 5.02 Å². The first-order valence-electron chi connectivity index (χ1n) is 9.67. The summed E-state index contributed by atoms with van der Waals surface area (Å²) < 4.78 is 27.6. The highest BCUT2D eigenvalue weighted by Crippen LogP contribution is 2.27. The van der Waals surface area contributed by atoms with Gasteiger partial charge in [0.1, 0.15) is 4.90 Å². The summed E-state index contributed by atoms with van der Waals surface area (Å²) in [5.74, 6) is -0.327. The maximum atomic E-state index is 13.1. The van der Waals surface area contributed by atoms with Gasteiger partial charge in [0.15, 0.2) is 0 Å². The van der Waals surface area contributed by atoms with Crippen LogP contribution in [-0.2, 0) is 10.0 Å². The van der Waals surface area contributed by atoms with E-state index in [-0.39, 0.29) is 27.4 Å². The van der Waals surface area contributed by atoms with Crippen molar-refractivity contribution in [1.82, 2.24) is 14.5 Å². The quantitative estimate of drug-likeness (QED) is 0.756. The Kier molecular flexibility index (Phi) is 6.95. The lowest BCUT2D eigenvalue weighted by Crippen LogP contribution is -2.47. The summed E-state index contributed by atoms with van der Waals surface area (Å²) in [6.45, 7) is 4.11. The zero-order valence-corrected chi connectivity index (χ0v) is 18.2. The molecule has 1 aliphatic heterocycles. The van der Waals surface area contributed by atoms with Gasteiger partial charge in [0.2, 0.25) is 10.0 Å². The van der Waals surface area contributed by atoms with Gasteiger partial charge in [-0.05, 0) is 37.2 Å². The molecule has 1 saturated heterocycles. The van der Waals surface area contributed by atoms with E-state index < -0.39 is 10.0 Å². The summed E-state index contributed by atoms with van der Waals surface area (Å²) in [6.07, 6.45) is 0.718. The third-order valence-electron chi connectivity index (χ3n) is 5.19. The van der Waals surface area contributed by atoms with Gasteiger partial charge < -0.3 is 10.2 Å². The average molecular weight is 436 g/mol. The number of amides is 1. The van der Waals surface area contributed by atoms with Gasteiger partial charge >= 0.3 is 0 Å². The van der Waals surface area contributed by atoms with Crippen molar-refractivity contribution in [1.29, 1.82) is 0 Å². The zero-order valence-electron chi connectivity index (χ0n) is 16.6. The molecule has 1 N–H and O–H groups in total. The van der Waals surface area contributed by atoms with Crippen LogP contribution in [0, 0.1) is 0 Å². The Morgan fingerprint density at radius 3 is 2.38 bits per heavy atom. The van der Waals surface area contributed by atoms with E-state index in [0.29, 0.717) is 26.2 Å². The molecule has 6 nitrogen and oxygen atoms in total. The lowest BCUT2D eigenvalue weighted by Gasteiger charge is -2.31. The highest BCUT2D eigenvalue weighted by atomic mass is 35.5.